The van der Waals surface area contributed by atoms with Gasteiger partial charge in [0.1, 0.15) is 17.8 Å². The van der Waals surface area contributed by atoms with Gasteiger partial charge < -0.3 is 24.4 Å². The Kier molecular flexibility index (Phi) is 3.49. The molecule has 5 atom stereocenters. The van der Waals surface area contributed by atoms with Gasteiger partial charge in [-0.15, -0.1) is 0 Å². The zero-order chi connectivity index (χ0) is 10.9. The first-order valence-electron chi connectivity index (χ1n) is 4.56. The van der Waals surface area contributed by atoms with Gasteiger partial charge in [0.15, 0.2) is 6.29 Å². The highest BCUT2D eigenvalue weighted by Gasteiger charge is 2.55. The first-order chi connectivity index (χ1) is 6.45. The number of aliphatic hydroxyl groups is 2. The van der Waals surface area contributed by atoms with Crippen LogP contribution in [0, 0.1) is 0 Å². The molecule has 0 unspecified atom stereocenters. The van der Waals surface area contributed by atoms with Crippen LogP contribution in [0.15, 0.2) is 0 Å². The normalized spacial score (nSPS) is 45.4. The number of methoxy groups -OCH3 is 2. The highest BCUT2D eigenvalue weighted by atomic mass is 16.7. The van der Waals surface area contributed by atoms with E-state index < -0.39 is 30.2 Å². The molecule has 0 amide bonds. The van der Waals surface area contributed by atoms with Crippen LogP contribution in [0.2, 0.25) is 0 Å². The summed E-state index contributed by atoms with van der Waals surface area (Å²) in [4.78, 5) is 0. The smallest absolute Gasteiger partial charge is 0.186 e. The number of hydrogen-bond acceptors (Lipinski definition) is 5. The molecule has 1 aliphatic heterocycles. The molecule has 0 aromatic rings. The summed E-state index contributed by atoms with van der Waals surface area (Å²) in [7, 11) is 2.94. The van der Waals surface area contributed by atoms with Crippen LogP contribution in [0.5, 0.6) is 0 Å². The first-order valence-corrected chi connectivity index (χ1v) is 4.56. The minimum absolute atomic E-state index is 0.591. The molecule has 1 saturated heterocycles. The molecule has 5 heteroatoms. The molecule has 1 fully saturated rings. The molecular weight excluding hydrogens is 188 g/mol. The lowest BCUT2D eigenvalue weighted by molar-refractivity contribution is -0.166. The Labute approximate surface area is 83.6 Å². The molecule has 0 saturated carbocycles. The van der Waals surface area contributed by atoms with Crippen LogP contribution in [-0.2, 0) is 14.2 Å². The minimum atomic E-state index is -1.25. The van der Waals surface area contributed by atoms with Crippen molar-refractivity contribution in [1.29, 1.82) is 0 Å². The Morgan fingerprint density at radius 3 is 2.21 bits per heavy atom. The van der Waals surface area contributed by atoms with Crippen molar-refractivity contribution in [2.75, 3.05) is 14.2 Å². The molecule has 0 radical (unpaired) electrons. The van der Waals surface area contributed by atoms with Gasteiger partial charge >= 0.3 is 0 Å². The SMILES string of the molecule is CO[C@H]1O[C@@H]([C@H](C)O)[C@@](C)(O)[C@@H]1OC. The van der Waals surface area contributed by atoms with Crippen LogP contribution in [-0.4, -0.2) is 54.6 Å². The molecule has 1 aliphatic rings. The first kappa shape index (κ1) is 11.9. The summed E-state index contributed by atoms with van der Waals surface area (Å²) in [5.41, 5.74) is -1.25. The Balaban J connectivity index is 2.85. The predicted molar refractivity (Wildman–Crippen MR) is 48.8 cm³/mol. The summed E-state index contributed by atoms with van der Waals surface area (Å²) in [6.45, 7) is 3.13. The number of rotatable bonds is 3. The second-order valence-electron chi connectivity index (χ2n) is 3.78. The van der Waals surface area contributed by atoms with E-state index in [2.05, 4.69) is 0 Å². The predicted octanol–water partition coefficient (Wildman–Crippen LogP) is -0.496. The summed E-state index contributed by atoms with van der Waals surface area (Å²) in [5.74, 6) is 0. The van der Waals surface area contributed by atoms with Crippen LogP contribution < -0.4 is 0 Å². The van der Waals surface area contributed by atoms with E-state index in [0.29, 0.717) is 0 Å². The van der Waals surface area contributed by atoms with Crippen molar-refractivity contribution in [2.24, 2.45) is 0 Å². The molecule has 0 spiro atoms. The van der Waals surface area contributed by atoms with Crippen molar-refractivity contribution in [3.8, 4) is 0 Å². The third-order valence-corrected chi connectivity index (χ3v) is 2.60. The fraction of sp³-hybridized carbons (Fsp3) is 1.00. The maximum Gasteiger partial charge on any atom is 0.186 e. The Morgan fingerprint density at radius 2 is 1.93 bits per heavy atom. The number of aliphatic hydroxyl groups excluding tert-OH is 1. The fourth-order valence-electron chi connectivity index (χ4n) is 1.92. The van der Waals surface area contributed by atoms with Crippen molar-refractivity contribution in [3.05, 3.63) is 0 Å². The van der Waals surface area contributed by atoms with Crippen molar-refractivity contribution in [2.45, 2.75) is 44.1 Å². The van der Waals surface area contributed by atoms with E-state index in [4.69, 9.17) is 14.2 Å². The highest BCUT2D eigenvalue weighted by molar-refractivity contribution is 5.00. The van der Waals surface area contributed by atoms with Gasteiger partial charge in [0.05, 0.1) is 6.10 Å². The molecule has 0 aliphatic carbocycles. The molecule has 1 rings (SSSR count). The quantitative estimate of drug-likeness (QED) is 0.652. The van der Waals surface area contributed by atoms with E-state index in [1.807, 2.05) is 0 Å². The average Bonchev–Trinajstić information content (AvgIpc) is 2.35. The molecule has 1 heterocycles. The van der Waals surface area contributed by atoms with Crippen molar-refractivity contribution in [3.63, 3.8) is 0 Å². The Bertz CT molecular complexity index is 188. The second kappa shape index (κ2) is 4.12. The van der Waals surface area contributed by atoms with E-state index in [9.17, 15) is 10.2 Å². The van der Waals surface area contributed by atoms with Crippen LogP contribution in [0.1, 0.15) is 13.8 Å². The largest absolute Gasteiger partial charge is 0.391 e. The summed E-state index contributed by atoms with van der Waals surface area (Å²) in [6.07, 6.45) is -2.71. The lowest BCUT2D eigenvalue weighted by Gasteiger charge is -2.29. The van der Waals surface area contributed by atoms with E-state index >= 15 is 0 Å². The van der Waals surface area contributed by atoms with Gasteiger partial charge in [0, 0.05) is 14.2 Å². The molecular formula is C9H18O5. The van der Waals surface area contributed by atoms with Gasteiger partial charge in [-0.05, 0) is 13.8 Å². The Morgan fingerprint density at radius 1 is 1.36 bits per heavy atom. The maximum absolute atomic E-state index is 10.1. The summed E-state index contributed by atoms with van der Waals surface area (Å²) >= 11 is 0. The molecule has 5 nitrogen and oxygen atoms in total. The fourth-order valence-corrected chi connectivity index (χ4v) is 1.92. The number of hydrogen-bond donors (Lipinski definition) is 2. The maximum atomic E-state index is 10.1. The number of ether oxygens (including phenoxy) is 3. The van der Waals surface area contributed by atoms with E-state index in [1.165, 1.54) is 14.2 Å². The third-order valence-electron chi connectivity index (χ3n) is 2.60. The zero-order valence-corrected chi connectivity index (χ0v) is 8.93. The zero-order valence-electron chi connectivity index (χ0n) is 8.93. The summed E-state index contributed by atoms with van der Waals surface area (Å²) in [6, 6.07) is 0. The highest BCUT2D eigenvalue weighted by Crippen LogP contribution is 2.34. The summed E-state index contributed by atoms with van der Waals surface area (Å²) < 4.78 is 15.5. The molecule has 14 heavy (non-hydrogen) atoms. The van der Waals surface area contributed by atoms with Gasteiger partial charge in [0.2, 0.25) is 0 Å². The van der Waals surface area contributed by atoms with Crippen molar-refractivity contribution >= 4 is 0 Å². The van der Waals surface area contributed by atoms with Crippen LogP contribution in [0.4, 0.5) is 0 Å². The molecule has 2 N–H and O–H groups in total. The molecule has 0 aromatic heterocycles. The molecule has 0 bridgehead atoms. The van der Waals surface area contributed by atoms with Crippen molar-refractivity contribution in [1.82, 2.24) is 0 Å². The van der Waals surface area contributed by atoms with E-state index in [0.717, 1.165) is 0 Å². The topological polar surface area (TPSA) is 68.2 Å². The van der Waals surface area contributed by atoms with Gasteiger partial charge in [-0.1, -0.05) is 0 Å². The monoisotopic (exact) mass is 206 g/mol. The third kappa shape index (κ3) is 1.78. The lowest BCUT2D eigenvalue weighted by Crippen LogP contribution is -2.50. The van der Waals surface area contributed by atoms with E-state index in [1.54, 1.807) is 13.8 Å². The van der Waals surface area contributed by atoms with Gasteiger partial charge in [-0.2, -0.15) is 0 Å². The van der Waals surface area contributed by atoms with Gasteiger partial charge in [0.25, 0.3) is 0 Å². The van der Waals surface area contributed by atoms with E-state index in [-0.39, 0.29) is 0 Å². The van der Waals surface area contributed by atoms with Crippen LogP contribution in [0.3, 0.4) is 0 Å². The summed E-state index contributed by atoms with van der Waals surface area (Å²) in [5, 5.41) is 19.5. The van der Waals surface area contributed by atoms with Crippen LogP contribution >= 0.6 is 0 Å². The minimum Gasteiger partial charge on any atom is -0.391 e. The molecule has 0 aromatic carbocycles. The second-order valence-corrected chi connectivity index (χ2v) is 3.78. The van der Waals surface area contributed by atoms with Crippen LogP contribution in [0.25, 0.3) is 0 Å². The lowest BCUT2D eigenvalue weighted by atomic mass is 9.92. The van der Waals surface area contributed by atoms with Gasteiger partial charge in [-0.3, -0.25) is 0 Å². The molecule has 84 valence electrons. The Hall–Kier alpha value is -0.200. The van der Waals surface area contributed by atoms with Crippen molar-refractivity contribution < 1.29 is 24.4 Å². The standard InChI is InChI=1S/C9H18O5/c1-5(10)6-9(2,11)7(12-3)8(13-4)14-6/h5-8,10-11H,1-4H3/t5-,6-,7+,8-,9+/m0/s1. The van der Waals surface area contributed by atoms with Gasteiger partial charge in [-0.25, -0.2) is 0 Å². The average molecular weight is 206 g/mol.